The van der Waals surface area contributed by atoms with Crippen LogP contribution in [0.15, 0.2) is 18.2 Å². The molecule has 1 spiro atoms. The molecule has 2 saturated heterocycles. The zero-order chi connectivity index (χ0) is 14.9. The molecular weight excluding hydrogens is 276 g/mol. The van der Waals surface area contributed by atoms with E-state index in [1.54, 1.807) is 4.90 Å². The molecule has 21 heavy (non-hydrogen) atoms. The summed E-state index contributed by atoms with van der Waals surface area (Å²) in [5, 5.41) is 0. The summed E-state index contributed by atoms with van der Waals surface area (Å²) in [6.07, 6.45) is 3.94. The predicted octanol–water partition coefficient (Wildman–Crippen LogP) is 3.03. The molecular formula is C16H19F2NO2. The van der Waals surface area contributed by atoms with Gasteiger partial charge in [-0.1, -0.05) is 12.1 Å². The van der Waals surface area contributed by atoms with E-state index in [1.165, 1.54) is 12.1 Å². The fraction of sp³-hybridized carbons (Fsp3) is 0.562. The van der Waals surface area contributed by atoms with Crippen molar-refractivity contribution in [3.8, 4) is 0 Å². The van der Waals surface area contributed by atoms with Gasteiger partial charge in [0.15, 0.2) is 11.6 Å². The van der Waals surface area contributed by atoms with Gasteiger partial charge < -0.3 is 9.64 Å². The first-order valence-electron chi connectivity index (χ1n) is 7.44. The minimum Gasteiger partial charge on any atom is -0.375 e. The van der Waals surface area contributed by atoms with Gasteiger partial charge in [-0.15, -0.1) is 0 Å². The van der Waals surface area contributed by atoms with Crippen molar-refractivity contribution in [3.63, 3.8) is 0 Å². The first-order chi connectivity index (χ1) is 10.1. The van der Waals surface area contributed by atoms with Crippen molar-refractivity contribution in [3.05, 3.63) is 35.4 Å². The fourth-order valence-corrected chi connectivity index (χ4v) is 3.27. The van der Waals surface area contributed by atoms with Crippen LogP contribution in [0.4, 0.5) is 8.78 Å². The molecule has 3 rings (SSSR count). The molecule has 0 N–H and O–H groups in total. The maximum Gasteiger partial charge on any atom is 0.222 e. The van der Waals surface area contributed by atoms with Crippen molar-refractivity contribution in [1.82, 2.24) is 4.90 Å². The Hall–Kier alpha value is -1.49. The van der Waals surface area contributed by atoms with Crippen LogP contribution in [0.25, 0.3) is 0 Å². The van der Waals surface area contributed by atoms with Crippen molar-refractivity contribution in [2.24, 2.45) is 0 Å². The highest BCUT2D eigenvalue weighted by atomic mass is 19.2. The van der Waals surface area contributed by atoms with E-state index in [4.69, 9.17) is 4.74 Å². The van der Waals surface area contributed by atoms with Crippen LogP contribution in [-0.2, 0) is 16.1 Å². The lowest BCUT2D eigenvalue weighted by molar-refractivity contribution is -0.131. The van der Waals surface area contributed by atoms with Crippen LogP contribution in [0.1, 0.15) is 37.7 Å². The maximum atomic E-state index is 13.7. The predicted molar refractivity (Wildman–Crippen MR) is 73.5 cm³/mol. The Morgan fingerprint density at radius 3 is 2.86 bits per heavy atom. The van der Waals surface area contributed by atoms with Gasteiger partial charge in [-0.2, -0.15) is 0 Å². The Kier molecular flexibility index (Phi) is 3.93. The summed E-state index contributed by atoms with van der Waals surface area (Å²) in [6.45, 7) is 1.42. The fourth-order valence-electron chi connectivity index (χ4n) is 3.27. The molecule has 0 unspecified atom stereocenters. The number of likely N-dealkylation sites (tertiary alicyclic amines) is 1. The van der Waals surface area contributed by atoms with Gasteiger partial charge in [-0.3, -0.25) is 4.79 Å². The molecule has 2 heterocycles. The van der Waals surface area contributed by atoms with Gasteiger partial charge >= 0.3 is 0 Å². The highest BCUT2D eigenvalue weighted by Gasteiger charge is 2.38. The first-order valence-corrected chi connectivity index (χ1v) is 7.44. The van der Waals surface area contributed by atoms with Crippen molar-refractivity contribution >= 4 is 5.91 Å². The molecule has 1 aromatic rings. The third-order valence-electron chi connectivity index (χ3n) is 4.56. The number of hydrogen-bond acceptors (Lipinski definition) is 2. The minimum atomic E-state index is -0.870. The second-order valence-electron chi connectivity index (χ2n) is 5.91. The molecule has 3 nitrogen and oxygen atoms in total. The van der Waals surface area contributed by atoms with E-state index < -0.39 is 11.6 Å². The Bertz CT molecular complexity index is 541. The zero-order valence-electron chi connectivity index (χ0n) is 11.9. The van der Waals surface area contributed by atoms with Gasteiger partial charge in [-0.25, -0.2) is 8.78 Å². The van der Waals surface area contributed by atoms with Crippen LogP contribution in [0.3, 0.4) is 0 Å². The molecule has 2 aliphatic heterocycles. The van der Waals surface area contributed by atoms with Gasteiger partial charge in [0.2, 0.25) is 5.91 Å². The molecule has 0 aromatic heterocycles. The van der Waals surface area contributed by atoms with E-state index in [2.05, 4.69) is 0 Å². The summed E-state index contributed by atoms with van der Waals surface area (Å²) < 4.78 is 32.8. The van der Waals surface area contributed by atoms with Crippen molar-refractivity contribution < 1.29 is 18.3 Å². The zero-order valence-corrected chi connectivity index (χ0v) is 11.9. The first kappa shape index (κ1) is 14.4. The molecule has 2 fully saturated rings. The lowest BCUT2D eigenvalue weighted by Gasteiger charge is -2.26. The molecule has 114 valence electrons. The topological polar surface area (TPSA) is 29.5 Å². The van der Waals surface area contributed by atoms with Crippen LogP contribution in [0.2, 0.25) is 0 Å². The summed E-state index contributed by atoms with van der Waals surface area (Å²) >= 11 is 0. The molecule has 5 heteroatoms. The molecule has 0 aliphatic carbocycles. The third-order valence-corrected chi connectivity index (χ3v) is 4.56. The molecule has 2 aliphatic rings. The summed E-state index contributed by atoms with van der Waals surface area (Å²) in [4.78, 5) is 13.8. The summed E-state index contributed by atoms with van der Waals surface area (Å²) in [7, 11) is 0. The van der Waals surface area contributed by atoms with Gasteiger partial charge in [0.05, 0.1) is 5.60 Å². The summed E-state index contributed by atoms with van der Waals surface area (Å²) in [5.74, 6) is -1.74. The summed E-state index contributed by atoms with van der Waals surface area (Å²) in [5.41, 5.74) is 0.0527. The number of amides is 1. The molecule has 1 atom stereocenters. The third kappa shape index (κ3) is 2.93. The number of benzene rings is 1. The average Bonchev–Trinajstić information content (AvgIpc) is 2.88. The summed E-state index contributed by atoms with van der Waals surface area (Å²) in [6, 6.07) is 4.08. The average molecular weight is 295 g/mol. The standard InChI is InChI=1S/C16H19F2NO2/c17-13-4-1-3-12(15(13)18)11-19-9-8-16(6-2-10-21-16)7-5-14(19)20/h1,3-4H,2,5-11H2/t16-/m0/s1. The van der Waals surface area contributed by atoms with Gasteiger partial charge in [0.25, 0.3) is 0 Å². The number of hydrogen-bond donors (Lipinski definition) is 0. The minimum absolute atomic E-state index is 0.00830. The molecule has 0 saturated carbocycles. The van der Waals surface area contributed by atoms with Crippen LogP contribution in [0.5, 0.6) is 0 Å². The van der Waals surface area contributed by atoms with Crippen LogP contribution in [-0.4, -0.2) is 29.6 Å². The lowest BCUT2D eigenvalue weighted by atomic mass is 9.92. The number of halogens is 2. The number of rotatable bonds is 2. The molecule has 0 bridgehead atoms. The number of nitrogens with zero attached hydrogens (tertiary/aromatic N) is 1. The van der Waals surface area contributed by atoms with Crippen molar-refractivity contribution in [2.45, 2.75) is 44.2 Å². The van der Waals surface area contributed by atoms with E-state index in [0.717, 1.165) is 38.4 Å². The monoisotopic (exact) mass is 295 g/mol. The smallest absolute Gasteiger partial charge is 0.222 e. The lowest BCUT2D eigenvalue weighted by Crippen LogP contribution is -2.32. The molecule has 1 amide bonds. The van der Waals surface area contributed by atoms with E-state index in [9.17, 15) is 13.6 Å². The Labute approximate surface area is 122 Å². The number of ether oxygens (including phenoxy) is 1. The van der Waals surface area contributed by atoms with E-state index >= 15 is 0 Å². The number of carbonyl (C=O) groups excluding carboxylic acids is 1. The Balaban J connectivity index is 1.73. The molecule has 1 aromatic carbocycles. The van der Waals surface area contributed by atoms with Gasteiger partial charge in [-0.05, 0) is 31.7 Å². The maximum absolute atomic E-state index is 13.7. The number of carbonyl (C=O) groups is 1. The van der Waals surface area contributed by atoms with Crippen molar-refractivity contribution in [2.75, 3.05) is 13.2 Å². The second kappa shape index (κ2) is 5.72. The SMILES string of the molecule is O=C1CC[C@@]2(CCCO2)CCN1Cc1cccc(F)c1F. The van der Waals surface area contributed by atoms with Crippen LogP contribution in [0, 0.1) is 11.6 Å². The normalized spacial score (nSPS) is 26.4. The van der Waals surface area contributed by atoms with Gasteiger partial charge in [0.1, 0.15) is 0 Å². The van der Waals surface area contributed by atoms with E-state index in [-0.39, 0.29) is 23.6 Å². The molecule has 0 radical (unpaired) electrons. The Morgan fingerprint density at radius 2 is 2.10 bits per heavy atom. The largest absolute Gasteiger partial charge is 0.375 e. The van der Waals surface area contributed by atoms with Gasteiger partial charge in [0, 0.05) is 31.7 Å². The van der Waals surface area contributed by atoms with Crippen LogP contribution < -0.4 is 0 Å². The quantitative estimate of drug-likeness (QED) is 0.839. The van der Waals surface area contributed by atoms with Crippen LogP contribution >= 0.6 is 0 Å². The second-order valence-corrected chi connectivity index (χ2v) is 5.91. The highest BCUT2D eigenvalue weighted by molar-refractivity contribution is 5.76. The highest BCUT2D eigenvalue weighted by Crippen LogP contribution is 2.36. The van der Waals surface area contributed by atoms with Crippen molar-refractivity contribution in [1.29, 1.82) is 0 Å². The van der Waals surface area contributed by atoms with E-state index in [1.807, 2.05) is 0 Å². The van der Waals surface area contributed by atoms with E-state index in [0.29, 0.717) is 13.0 Å². The Morgan fingerprint density at radius 1 is 1.24 bits per heavy atom.